The van der Waals surface area contributed by atoms with Gasteiger partial charge in [-0.05, 0) is 48.2 Å². The van der Waals surface area contributed by atoms with Gasteiger partial charge in [0, 0.05) is 21.1 Å². The molecule has 0 fully saturated rings. The third-order valence-electron chi connectivity index (χ3n) is 2.98. The molecule has 0 saturated heterocycles. The van der Waals surface area contributed by atoms with Crippen LogP contribution in [-0.2, 0) is 14.3 Å². The maximum Gasteiger partial charge on any atom is 0.331 e. The van der Waals surface area contributed by atoms with Crippen molar-refractivity contribution in [3.8, 4) is 0 Å². The minimum atomic E-state index is -0.562. The molecule has 2 aromatic rings. The summed E-state index contributed by atoms with van der Waals surface area (Å²) >= 11 is 4.97. The van der Waals surface area contributed by atoms with Gasteiger partial charge in [-0.1, -0.05) is 34.1 Å². The number of halogens is 1. The van der Waals surface area contributed by atoms with Crippen molar-refractivity contribution in [1.82, 2.24) is 0 Å². The number of carbonyl (C=O) groups excluding carboxylic acids is 2. The SMILES string of the molecule is CSc1ccc(/C=C/C(=O)OCC(=O)Nc2cccc(Br)c2)cc1. The van der Waals surface area contributed by atoms with Crippen molar-refractivity contribution in [2.75, 3.05) is 18.2 Å². The average molecular weight is 406 g/mol. The van der Waals surface area contributed by atoms with Crippen LogP contribution in [-0.4, -0.2) is 24.7 Å². The van der Waals surface area contributed by atoms with Crippen LogP contribution >= 0.6 is 27.7 Å². The smallest absolute Gasteiger partial charge is 0.331 e. The van der Waals surface area contributed by atoms with Crippen LogP contribution in [0.3, 0.4) is 0 Å². The first kappa shape index (κ1) is 18.3. The minimum Gasteiger partial charge on any atom is -0.452 e. The highest BCUT2D eigenvalue weighted by molar-refractivity contribution is 9.10. The average Bonchev–Trinajstić information content (AvgIpc) is 2.58. The predicted octanol–water partition coefficient (Wildman–Crippen LogP) is 4.37. The number of esters is 1. The molecule has 4 nitrogen and oxygen atoms in total. The van der Waals surface area contributed by atoms with Gasteiger partial charge in [-0.15, -0.1) is 11.8 Å². The summed E-state index contributed by atoms with van der Waals surface area (Å²) < 4.78 is 5.77. The summed E-state index contributed by atoms with van der Waals surface area (Å²) in [6.45, 7) is -0.332. The highest BCUT2D eigenvalue weighted by Gasteiger charge is 2.06. The molecular formula is C18H16BrNO3S. The van der Waals surface area contributed by atoms with E-state index < -0.39 is 5.97 Å². The molecule has 24 heavy (non-hydrogen) atoms. The second-order valence-electron chi connectivity index (χ2n) is 4.77. The molecule has 0 radical (unpaired) electrons. The zero-order valence-electron chi connectivity index (χ0n) is 13.0. The van der Waals surface area contributed by atoms with Crippen LogP contribution in [0.1, 0.15) is 5.56 Å². The number of anilines is 1. The molecule has 6 heteroatoms. The van der Waals surface area contributed by atoms with Crippen LogP contribution < -0.4 is 5.32 Å². The molecular weight excluding hydrogens is 390 g/mol. The summed E-state index contributed by atoms with van der Waals surface area (Å²) in [5.41, 5.74) is 1.53. The number of hydrogen-bond donors (Lipinski definition) is 1. The number of amides is 1. The summed E-state index contributed by atoms with van der Waals surface area (Å²) in [7, 11) is 0. The van der Waals surface area contributed by atoms with Crippen molar-refractivity contribution in [2.45, 2.75) is 4.90 Å². The lowest BCUT2D eigenvalue weighted by Gasteiger charge is -2.05. The molecule has 1 N–H and O–H groups in total. The van der Waals surface area contributed by atoms with Crippen molar-refractivity contribution in [2.24, 2.45) is 0 Å². The van der Waals surface area contributed by atoms with Gasteiger partial charge >= 0.3 is 5.97 Å². The largest absolute Gasteiger partial charge is 0.452 e. The second kappa shape index (κ2) is 9.30. The molecule has 2 rings (SSSR count). The van der Waals surface area contributed by atoms with Crippen LogP contribution in [0.25, 0.3) is 6.08 Å². The molecule has 0 unspecified atom stereocenters. The van der Waals surface area contributed by atoms with Gasteiger partial charge in [0.1, 0.15) is 0 Å². The van der Waals surface area contributed by atoms with Crippen molar-refractivity contribution in [3.63, 3.8) is 0 Å². The second-order valence-corrected chi connectivity index (χ2v) is 6.57. The van der Waals surface area contributed by atoms with Gasteiger partial charge in [0.25, 0.3) is 5.91 Å². The molecule has 0 spiro atoms. The third-order valence-corrected chi connectivity index (χ3v) is 4.22. The van der Waals surface area contributed by atoms with Crippen LogP contribution in [0.4, 0.5) is 5.69 Å². The quantitative estimate of drug-likeness (QED) is 0.440. The first-order valence-electron chi connectivity index (χ1n) is 7.11. The summed E-state index contributed by atoms with van der Waals surface area (Å²) in [6.07, 6.45) is 4.96. The molecule has 0 aliphatic rings. The van der Waals surface area contributed by atoms with E-state index in [-0.39, 0.29) is 12.5 Å². The van der Waals surface area contributed by atoms with Crippen molar-refractivity contribution in [1.29, 1.82) is 0 Å². The normalized spacial score (nSPS) is 10.6. The summed E-state index contributed by atoms with van der Waals surface area (Å²) in [5.74, 6) is -0.951. The summed E-state index contributed by atoms with van der Waals surface area (Å²) in [5, 5.41) is 2.65. The number of thioether (sulfide) groups is 1. The molecule has 0 aliphatic heterocycles. The zero-order chi connectivity index (χ0) is 17.4. The first-order valence-corrected chi connectivity index (χ1v) is 9.13. The predicted molar refractivity (Wildman–Crippen MR) is 101 cm³/mol. The van der Waals surface area contributed by atoms with Crippen molar-refractivity contribution >= 4 is 51.3 Å². The Labute approximate surface area is 153 Å². The minimum absolute atomic E-state index is 0.332. The Morgan fingerprint density at radius 2 is 1.96 bits per heavy atom. The Kier molecular flexibility index (Phi) is 7.08. The van der Waals surface area contributed by atoms with Crippen LogP contribution in [0.5, 0.6) is 0 Å². The van der Waals surface area contributed by atoms with Gasteiger partial charge < -0.3 is 10.1 Å². The van der Waals surface area contributed by atoms with E-state index in [4.69, 9.17) is 4.74 Å². The standard InChI is InChI=1S/C18H16BrNO3S/c1-24-16-8-5-13(6-9-16)7-10-18(22)23-12-17(21)20-15-4-2-3-14(19)11-15/h2-11H,12H2,1H3,(H,20,21)/b10-7+. The molecule has 0 bridgehead atoms. The summed E-state index contributed by atoms with van der Waals surface area (Å²) in [6, 6.07) is 14.9. The molecule has 124 valence electrons. The molecule has 0 saturated carbocycles. The van der Waals surface area contributed by atoms with Gasteiger partial charge in [-0.2, -0.15) is 0 Å². The van der Waals surface area contributed by atoms with E-state index in [2.05, 4.69) is 21.2 Å². The molecule has 0 atom stereocenters. The Balaban J connectivity index is 1.79. The summed E-state index contributed by atoms with van der Waals surface area (Å²) in [4.78, 5) is 24.5. The van der Waals surface area contributed by atoms with Crippen molar-refractivity contribution in [3.05, 3.63) is 64.6 Å². The fourth-order valence-electron chi connectivity index (χ4n) is 1.83. The van der Waals surface area contributed by atoms with Gasteiger partial charge in [-0.3, -0.25) is 4.79 Å². The van der Waals surface area contributed by atoms with Gasteiger partial charge in [-0.25, -0.2) is 4.79 Å². The topological polar surface area (TPSA) is 55.4 Å². The van der Waals surface area contributed by atoms with E-state index in [1.54, 1.807) is 36.0 Å². The maximum atomic E-state index is 11.7. The lowest BCUT2D eigenvalue weighted by Crippen LogP contribution is -2.20. The Morgan fingerprint density at radius 1 is 1.21 bits per heavy atom. The van der Waals surface area contributed by atoms with E-state index in [1.807, 2.05) is 36.6 Å². The van der Waals surface area contributed by atoms with Crippen LogP contribution in [0, 0.1) is 0 Å². The molecule has 0 aromatic heterocycles. The van der Waals surface area contributed by atoms with Gasteiger partial charge in [0.15, 0.2) is 6.61 Å². The van der Waals surface area contributed by atoms with E-state index >= 15 is 0 Å². The maximum absolute atomic E-state index is 11.7. The van der Waals surface area contributed by atoms with Gasteiger partial charge in [0.05, 0.1) is 0 Å². The number of hydrogen-bond acceptors (Lipinski definition) is 4. The van der Waals surface area contributed by atoms with E-state index in [9.17, 15) is 9.59 Å². The fourth-order valence-corrected chi connectivity index (χ4v) is 2.63. The number of nitrogens with one attached hydrogen (secondary N) is 1. The van der Waals surface area contributed by atoms with E-state index in [0.717, 1.165) is 14.9 Å². The highest BCUT2D eigenvalue weighted by Crippen LogP contribution is 2.16. The molecule has 2 aromatic carbocycles. The first-order chi connectivity index (χ1) is 11.6. The number of ether oxygens (including phenoxy) is 1. The lowest BCUT2D eigenvalue weighted by atomic mass is 10.2. The van der Waals surface area contributed by atoms with E-state index in [0.29, 0.717) is 5.69 Å². The molecule has 0 heterocycles. The van der Waals surface area contributed by atoms with Crippen molar-refractivity contribution < 1.29 is 14.3 Å². The lowest BCUT2D eigenvalue weighted by molar-refractivity contribution is -0.142. The number of rotatable bonds is 6. The Morgan fingerprint density at radius 3 is 2.62 bits per heavy atom. The fraction of sp³-hybridized carbons (Fsp3) is 0.111. The number of carbonyl (C=O) groups is 2. The molecule has 0 aliphatic carbocycles. The van der Waals surface area contributed by atoms with Crippen LogP contribution in [0.15, 0.2) is 64.0 Å². The highest BCUT2D eigenvalue weighted by atomic mass is 79.9. The zero-order valence-corrected chi connectivity index (χ0v) is 15.4. The third kappa shape index (κ3) is 6.22. The Bertz CT molecular complexity index is 744. The van der Waals surface area contributed by atoms with Gasteiger partial charge in [0.2, 0.25) is 0 Å². The van der Waals surface area contributed by atoms with Crippen LogP contribution in [0.2, 0.25) is 0 Å². The number of benzene rings is 2. The monoisotopic (exact) mass is 405 g/mol. The molecule has 1 amide bonds. The Hall–Kier alpha value is -2.05. The van der Waals surface area contributed by atoms with E-state index in [1.165, 1.54) is 6.08 Å².